The molecule has 0 radical (unpaired) electrons. The third-order valence-corrected chi connectivity index (χ3v) is 4.21. The zero-order valence-corrected chi connectivity index (χ0v) is 10.2. The van der Waals surface area contributed by atoms with Crippen molar-refractivity contribution in [2.24, 2.45) is 5.92 Å². The van der Waals surface area contributed by atoms with Gasteiger partial charge in [-0.2, -0.15) is 0 Å². The smallest absolute Gasteiger partial charge is 0.125 e. The maximum Gasteiger partial charge on any atom is 0.125 e. The number of fused-ring (bicyclic) bond motifs is 1. The van der Waals surface area contributed by atoms with Gasteiger partial charge in [-0.1, -0.05) is 19.4 Å². The van der Waals surface area contributed by atoms with E-state index >= 15 is 0 Å². The van der Waals surface area contributed by atoms with Crippen molar-refractivity contribution in [3.63, 3.8) is 0 Å². The van der Waals surface area contributed by atoms with Crippen molar-refractivity contribution in [3.8, 4) is 0 Å². The van der Waals surface area contributed by atoms with Crippen molar-refractivity contribution in [2.45, 2.75) is 25.8 Å². The number of nitrogens with one attached hydrogen (secondary N) is 1. The summed E-state index contributed by atoms with van der Waals surface area (Å²) in [5.41, 5.74) is 2.42. The van der Waals surface area contributed by atoms with Gasteiger partial charge in [-0.05, 0) is 30.0 Å². The summed E-state index contributed by atoms with van der Waals surface area (Å²) in [7, 11) is 0. The van der Waals surface area contributed by atoms with Crippen LogP contribution in [0.3, 0.4) is 0 Å². The molecular formula is C14H19FN2. The number of hydrogen-bond donors (Lipinski definition) is 1. The fourth-order valence-electron chi connectivity index (χ4n) is 3.22. The summed E-state index contributed by atoms with van der Waals surface area (Å²) in [4.78, 5) is 2.41. The molecule has 2 nitrogen and oxygen atoms in total. The molecule has 2 atom stereocenters. The Labute approximate surface area is 102 Å². The summed E-state index contributed by atoms with van der Waals surface area (Å²) in [5, 5.41) is 3.46. The number of benzene rings is 1. The molecule has 2 heterocycles. The van der Waals surface area contributed by atoms with E-state index in [9.17, 15) is 4.39 Å². The van der Waals surface area contributed by atoms with Crippen LogP contribution >= 0.6 is 0 Å². The summed E-state index contributed by atoms with van der Waals surface area (Å²) in [5.74, 6) is 0.582. The van der Waals surface area contributed by atoms with Gasteiger partial charge < -0.3 is 10.2 Å². The standard InChI is InChI=1S/C14H19FN2/c1-2-10-8-16-9-14(10)17-6-5-11-3-4-12(15)7-13(11)17/h3-4,7,10,14,16H,2,5-6,8-9H2,1H3. The number of halogens is 1. The minimum absolute atomic E-state index is 0.116. The molecule has 0 aliphatic carbocycles. The van der Waals surface area contributed by atoms with Crippen molar-refractivity contribution in [2.75, 3.05) is 24.5 Å². The molecular weight excluding hydrogens is 215 g/mol. The SMILES string of the molecule is CCC1CNCC1N1CCc2ccc(F)cc21. The van der Waals surface area contributed by atoms with Crippen molar-refractivity contribution >= 4 is 5.69 Å². The molecule has 0 saturated carbocycles. The molecule has 0 amide bonds. The third-order valence-electron chi connectivity index (χ3n) is 4.21. The summed E-state index contributed by atoms with van der Waals surface area (Å²) in [6, 6.07) is 5.76. The van der Waals surface area contributed by atoms with Crippen molar-refractivity contribution in [3.05, 3.63) is 29.6 Å². The van der Waals surface area contributed by atoms with Gasteiger partial charge in [0.25, 0.3) is 0 Å². The van der Waals surface area contributed by atoms with Crippen molar-refractivity contribution in [1.29, 1.82) is 0 Å². The van der Waals surface area contributed by atoms with E-state index in [-0.39, 0.29) is 5.82 Å². The normalized spacial score (nSPS) is 27.5. The number of anilines is 1. The minimum Gasteiger partial charge on any atom is -0.366 e. The molecule has 1 aromatic carbocycles. The number of nitrogens with zero attached hydrogens (tertiary/aromatic N) is 1. The maximum atomic E-state index is 13.4. The highest BCUT2D eigenvalue weighted by molar-refractivity contribution is 5.59. The van der Waals surface area contributed by atoms with Gasteiger partial charge in [0, 0.05) is 31.4 Å². The fraction of sp³-hybridized carbons (Fsp3) is 0.571. The van der Waals surface area contributed by atoms with Gasteiger partial charge in [0.2, 0.25) is 0 Å². The molecule has 17 heavy (non-hydrogen) atoms. The van der Waals surface area contributed by atoms with Crippen LogP contribution in [0.25, 0.3) is 0 Å². The van der Waals surface area contributed by atoms with E-state index < -0.39 is 0 Å². The van der Waals surface area contributed by atoms with Crippen LogP contribution in [0.2, 0.25) is 0 Å². The van der Waals surface area contributed by atoms with Crippen LogP contribution in [0.4, 0.5) is 10.1 Å². The van der Waals surface area contributed by atoms with Crippen LogP contribution in [-0.4, -0.2) is 25.7 Å². The Morgan fingerprint density at radius 1 is 1.41 bits per heavy atom. The molecule has 2 aliphatic rings. The van der Waals surface area contributed by atoms with E-state index in [2.05, 4.69) is 17.1 Å². The topological polar surface area (TPSA) is 15.3 Å². The minimum atomic E-state index is -0.116. The average Bonchev–Trinajstić information content (AvgIpc) is 2.93. The molecule has 1 aromatic rings. The third kappa shape index (κ3) is 1.82. The lowest BCUT2D eigenvalue weighted by atomic mass is 9.99. The van der Waals surface area contributed by atoms with E-state index in [1.807, 2.05) is 6.07 Å². The van der Waals surface area contributed by atoms with Crippen LogP contribution in [0, 0.1) is 11.7 Å². The molecule has 92 valence electrons. The average molecular weight is 234 g/mol. The summed E-state index contributed by atoms with van der Waals surface area (Å²) < 4.78 is 13.4. The van der Waals surface area contributed by atoms with Crippen LogP contribution in [0.15, 0.2) is 18.2 Å². The molecule has 0 aromatic heterocycles. The maximum absolute atomic E-state index is 13.4. The van der Waals surface area contributed by atoms with Gasteiger partial charge in [-0.25, -0.2) is 4.39 Å². The van der Waals surface area contributed by atoms with Gasteiger partial charge in [0.05, 0.1) is 0 Å². The number of hydrogen-bond acceptors (Lipinski definition) is 2. The zero-order valence-electron chi connectivity index (χ0n) is 10.2. The Morgan fingerprint density at radius 2 is 2.29 bits per heavy atom. The molecule has 3 rings (SSSR count). The second-order valence-electron chi connectivity index (χ2n) is 5.11. The highest BCUT2D eigenvalue weighted by atomic mass is 19.1. The van der Waals surface area contributed by atoms with Gasteiger partial charge in [-0.3, -0.25) is 0 Å². The second-order valence-corrected chi connectivity index (χ2v) is 5.11. The van der Waals surface area contributed by atoms with Crippen molar-refractivity contribution in [1.82, 2.24) is 5.32 Å². The summed E-state index contributed by atoms with van der Waals surface area (Å²) in [6.07, 6.45) is 2.25. The Morgan fingerprint density at radius 3 is 3.12 bits per heavy atom. The first kappa shape index (κ1) is 11.0. The predicted molar refractivity (Wildman–Crippen MR) is 67.9 cm³/mol. The Hall–Kier alpha value is -1.09. The lowest BCUT2D eigenvalue weighted by molar-refractivity contribution is 0.472. The van der Waals surface area contributed by atoms with Gasteiger partial charge >= 0.3 is 0 Å². The number of rotatable bonds is 2. The molecule has 1 saturated heterocycles. The van der Waals surface area contributed by atoms with E-state index in [4.69, 9.17) is 0 Å². The molecule has 0 bridgehead atoms. The van der Waals surface area contributed by atoms with E-state index in [1.165, 1.54) is 12.0 Å². The molecule has 1 N–H and O–H groups in total. The first-order chi connectivity index (χ1) is 8.29. The first-order valence-electron chi connectivity index (χ1n) is 6.55. The quantitative estimate of drug-likeness (QED) is 0.844. The molecule has 1 fully saturated rings. The monoisotopic (exact) mass is 234 g/mol. The van der Waals surface area contributed by atoms with Crippen LogP contribution in [0.5, 0.6) is 0 Å². The lowest BCUT2D eigenvalue weighted by Crippen LogP contribution is -2.39. The molecule has 2 aliphatic heterocycles. The lowest BCUT2D eigenvalue weighted by Gasteiger charge is -2.30. The first-order valence-corrected chi connectivity index (χ1v) is 6.55. The van der Waals surface area contributed by atoms with Crippen LogP contribution in [-0.2, 0) is 6.42 Å². The van der Waals surface area contributed by atoms with Gasteiger partial charge in [-0.15, -0.1) is 0 Å². The van der Waals surface area contributed by atoms with Crippen molar-refractivity contribution < 1.29 is 4.39 Å². The fourth-order valence-corrected chi connectivity index (χ4v) is 3.22. The summed E-state index contributed by atoms with van der Waals surface area (Å²) >= 11 is 0. The largest absolute Gasteiger partial charge is 0.366 e. The van der Waals surface area contributed by atoms with Gasteiger partial charge in [0.15, 0.2) is 0 Å². The molecule has 0 spiro atoms. The van der Waals surface area contributed by atoms with Crippen LogP contribution in [0.1, 0.15) is 18.9 Å². The Kier molecular flexibility index (Phi) is 2.79. The molecule has 2 unspecified atom stereocenters. The van der Waals surface area contributed by atoms with E-state index in [1.54, 1.807) is 12.1 Å². The Balaban J connectivity index is 1.90. The van der Waals surface area contributed by atoms with Crippen LogP contribution < -0.4 is 10.2 Å². The Bertz CT molecular complexity index is 419. The van der Waals surface area contributed by atoms with Gasteiger partial charge in [0.1, 0.15) is 5.82 Å². The molecule has 3 heteroatoms. The highest BCUT2D eigenvalue weighted by Gasteiger charge is 2.34. The zero-order chi connectivity index (χ0) is 11.8. The summed E-state index contributed by atoms with van der Waals surface area (Å²) in [6.45, 7) is 5.42. The predicted octanol–water partition coefficient (Wildman–Crippen LogP) is 2.19. The highest BCUT2D eigenvalue weighted by Crippen LogP contribution is 2.33. The second kappa shape index (κ2) is 4.30. The van der Waals surface area contributed by atoms with E-state index in [0.29, 0.717) is 12.0 Å². The van der Waals surface area contributed by atoms with E-state index in [0.717, 1.165) is 31.7 Å².